The van der Waals surface area contributed by atoms with E-state index in [-0.39, 0.29) is 28.1 Å². The number of carbonyl (C=O) groups excluding carboxylic acids is 2. The van der Waals surface area contributed by atoms with Gasteiger partial charge in [0.05, 0.1) is 28.9 Å². The van der Waals surface area contributed by atoms with Crippen LogP contribution in [0, 0.1) is 0 Å². The predicted molar refractivity (Wildman–Crippen MR) is 99.7 cm³/mol. The van der Waals surface area contributed by atoms with Gasteiger partial charge in [-0.3, -0.25) is 14.5 Å². The van der Waals surface area contributed by atoms with Gasteiger partial charge in [0, 0.05) is 17.4 Å². The third-order valence-electron chi connectivity index (χ3n) is 4.38. The molecule has 0 saturated heterocycles. The average Bonchev–Trinajstić information content (AvgIpc) is 3.17. The molecular formula is C19H14N2O6S. The summed E-state index contributed by atoms with van der Waals surface area (Å²) in [7, 11) is -3.96. The number of fused-ring (bicyclic) bond motifs is 3. The Morgan fingerprint density at radius 3 is 2.71 bits per heavy atom. The Morgan fingerprint density at radius 2 is 1.96 bits per heavy atom. The second-order valence-electron chi connectivity index (χ2n) is 6.00. The maximum Gasteiger partial charge on any atom is 0.350 e. The molecule has 1 aliphatic rings. The topological polar surface area (TPSA) is 112 Å². The van der Waals surface area contributed by atoms with E-state index in [9.17, 15) is 18.0 Å². The Bertz CT molecular complexity index is 1190. The van der Waals surface area contributed by atoms with E-state index in [0.29, 0.717) is 24.2 Å². The molecule has 0 aliphatic carbocycles. The van der Waals surface area contributed by atoms with Gasteiger partial charge in [-0.15, -0.1) is 0 Å². The van der Waals surface area contributed by atoms with E-state index in [1.54, 1.807) is 24.3 Å². The van der Waals surface area contributed by atoms with Gasteiger partial charge in [0.15, 0.2) is 0 Å². The van der Waals surface area contributed by atoms with Crippen LogP contribution in [0.5, 0.6) is 5.75 Å². The highest BCUT2D eigenvalue weighted by Crippen LogP contribution is 2.35. The monoisotopic (exact) mass is 398 g/mol. The first-order valence-electron chi connectivity index (χ1n) is 8.31. The van der Waals surface area contributed by atoms with Gasteiger partial charge in [-0.1, -0.05) is 24.3 Å². The minimum atomic E-state index is -3.96. The Hall–Kier alpha value is -3.46. The van der Waals surface area contributed by atoms with Crippen LogP contribution >= 0.6 is 0 Å². The third kappa shape index (κ3) is 3.05. The standard InChI is InChI=1S/C19H14N2O6S/c22-11-27-19(23)17-15(21-28(24,25)12-4-2-1-3-5-12)7-6-14-13-8-9-26-16(13)10-20-18(14)17/h1-7,10-11,21H,8-9H2. The highest BCUT2D eigenvalue weighted by atomic mass is 32.2. The fourth-order valence-corrected chi connectivity index (χ4v) is 4.24. The Labute approximate surface area is 160 Å². The summed E-state index contributed by atoms with van der Waals surface area (Å²) in [4.78, 5) is 27.4. The second-order valence-corrected chi connectivity index (χ2v) is 7.69. The molecule has 2 aromatic carbocycles. The summed E-state index contributed by atoms with van der Waals surface area (Å²) >= 11 is 0. The molecule has 0 radical (unpaired) electrons. The third-order valence-corrected chi connectivity index (χ3v) is 5.76. The summed E-state index contributed by atoms with van der Waals surface area (Å²) in [5.41, 5.74) is 0.917. The Balaban J connectivity index is 1.89. The van der Waals surface area contributed by atoms with Crippen LogP contribution in [0.4, 0.5) is 5.69 Å². The molecule has 1 aromatic heterocycles. The maximum absolute atomic E-state index is 12.7. The molecule has 0 amide bonds. The van der Waals surface area contributed by atoms with Gasteiger partial charge in [0.25, 0.3) is 10.0 Å². The number of rotatable bonds is 5. The summed E-state index contributed by atoms with van der Waals surface area (Å²) in [6.07, 6.45) is 2.10. The van der Waals surface area contributed by atoms with Crippen molar-refractivity contribution in [1.29, 1.82) is 0 Å². The number of hydrogen-bond donors (Lipinski definition) is 1. The molecule has 3 aromatic rings. The van der Waals surface area contributed by atoms with Gasteiger partial charge in [0.2, 0.25) is 0 Å². The van der Waals surface area contributed by atoms with Gasteiger partial charge in [-0.05, 0) is 18.2 Å². The molecule has 1 N–H and O–H groups in total. The van der Waals surface area contributed by atoms with E-state index in [0.717, 1.165) is 5.56 Å². The van der Waals surface area contributed by atoms with E-state index >= 15 is 0 Å². The van der Waals surface area contributed by atoms with Crippen molar-refractivity contribution in [2.24, 2.45) is 0 Å². The van der Waals surface area contributed by atoms with Crippen LogP contribution in [0.25, 0.3) is 10.9 Å². The van der Waals surface area contributed by atoms with E-state index in [2.05, 4.69) is 14.4 Å². The lowest BCUT2D eigenvalue weighted by molar-refractivity contribution is -0.123. The molecule has 0 saturated carbocycles. The molecule has 28 heavy (non-hydrogen) atoms. The quantitative estimate of drug-likeness (QED) is 0.399. The summed E-state index contributed by atoms with van der Waals surface area (Å²) in [6, 6.07) is 10.8. The van der Waals surface area contributed by atoms with Gasteiger partial charge in [-0.2, -0.15) is 0 Å². The maximum atomic E-state index is 12.7. The number of hydrogen-bond acceptors (Lipinski definition) is 7. The van der Waals surface area contributed by atoms with Crippen molar-refractivity contribution in [2.75, 3.05) is 11.3 Å². The number of carbonyl (C=O) groups is 2. The molecule has 0 bridgehead atoms. The number of aromatic nitrogens is 1. The van der Waals surface area contributed by atoms with E-state index < -0.39 is 16.0 Å². The highest BCUT2D eigenvalue weighted by Gasteiger charge is 2.25. The molecule has 2 heterocycles. The van der Waals surface area contributed by atoms with Crippen molar-refractivity contribution in [2.45, 2.75) is 11.3 Å². The molecule has 0 fully saturated rings. The molecule has 0 spiro atoms. The lowest BCUT2D eigenvalue weighted by atomic mass is 10.0. The van der Waals surface area contributed by atoms with Gasteiger partial charge in [-0.25, -0.2) is 13.2 Å². The molecule has 0 unspecified atom stereocenters. The van der Waals surface area contributed by atoms with Crippen LogP contribution in [0.3, 0.4) is 0 Å². The van der Waals surface area contributed by atoms with Crippen molar-refractivity contribution >= 4 is 39.1 Å². The number of pyridine rings is 1. The number of sulfonamides is 1. The lowest BCUT2D eigenvalue weighted by Crippen LogP contribution is -2.17. The Kier molecular flexibility index (Phi) is 4.44. The molecule has 4 rings (SSSR count). The normalized spacial score (nSPS) is 12.9. The summed E-state index contributed by atoms with van der Waals surface area (Å²) in [5.74, 6) is -0.391. The number of nitrogens with one attached hydrogen (secondary N) is 1. The zero-order valence-corrected chi connectivity index (χ0v) is 15.2. The summed E-state index contributed by atoms with van der Waals surface area (Å²) in [6.45, 7) is 0.486. The first kappa shape index (κ1) is 17.9. The van der Waals surface area contributed by atoms with Crippen molar-refractivity contribution < 1.29 is 27.5 Å². The minimum Gasteiger partial charge on any atom is -0.491 e. The first-order valence-corrected chi connectivity index (χ1v) is 9.79. The van der Waals surface area contributed by atoms with E-state index in [1.165, 1.54) is 24.4 Å². The molecule has 142 valence electrons. The molecule has 9 heteroatoms. The lowest BCUT2D eigenvalue weighted by Gasteiger charge is -2.14. The first-order chi connectivity index (χ1) is 13.5. The van der Waals surface area contributed by atoms with E-state index in [1.807, 2.05) is 0 Å². The highest BCUT2D eigenvalue weighted by molar-refractivity contribution is 7.92. The number of nitrogens with zero attached hydrogens (tertiary/aromatic N) is 1. The molecule has 0 atom stereocenters. The number of ether oxygens (including phenoxy) is 2. The van der Waals surface area contributed by atoms with Gasteiger partial charge >= 0.3 is 12.4 Å². The van der Waals surface area contributed by atoms with Crippen LogP contribution in [0.1, 0.15) is 15.9 Å². The number of benzene rings is 2. The second kappa shape index (κ2) is 6.93. The van der Waals surface area contributed by atoms with Crippen LogP contribution < -0.4 is 9.46 Å². The van der Waals surface area contributed by atoms with Crippen LogP contribution in [0.15, 0.2) is 53.6 Å². The Morgan fingerprint density at radius 1 is 1.18 bits per heavy atom. The van der Waals surface area contributed by atoms with Crippen LogP contribution in [-0.4, -0.2) is 32.5 Å². The van der Waals surface area contributed by atoms with Gasteiger partial charge < -0.3 is 9.47 Å². The smallest absolute Gasteiger partial charge is 0.350 e. The number of esters is 1. The van der Waals surface area contributed by atoms with Crippen molar-refractivity contribution in [3.63, 3.8) is 0 Å². The molecular weight excluding hydrogens is 384 g/mol. The zero-order chi connectivity index (χ0) is 19.7. The number of anilines is 1. The van der Waals surface area contributed by atoms with Crippen LogP contribution in [-0.2, 0) is 26.0 Å². The molecule has 8 nitrogen and oxygen atoms in total. The van der Waals surface area contributed by atoms with Crippen molar-refractivity contribution in [1.82, 2.24) is 4.98 Å². The van der Waals surface area contributed by atoms with Crippen molar-refractivity contribution in [3.8, 4) is 5.75 Å². The van der Waals surface area contributed by atoms with Crippen LogP contribution in [0.2, 0.25) is 0 Å². The van der Waals surface area contributed by atoms with Crippen molar-refractivity contribution in [3.05, 3.63) is 59.8 Å². The van der Waals surface area contributed by atoms with Gasteiger partial charge in [0.1, 0.15) is 11.3 Å². The zero-order valence-electron chi connectivity index (χ0n) is 14.4. The minimum absolute atomic E-state index is 0.00683. The SMILES string of the molecule is O=COC(=O)c1c(NS(=O)(=O)c2ccccc2)ccc2c3c(cnc12)OCC3. The molecule has 1 aliphatic heterocycles. The summed E-state index contributed by atoms with van der Waals surface area (Å²) < 4.78 is 37.7. The van der Waals surface area contributed by atoms with E-state index in [4.69, 9.17) is 4.74 Å². The predicted octanol–water partition coefficient (Wildman–Crippen LogP) is 2.28. The average molecular weight is 398 g/mol. The summed E-state index contributed by atoms with van der Waals surface area (Å²) in [5, 5.41) is 0.635. The largest absolute Gasteiger partial charge is 0.491 e. The fourth-order valence-electron chi connectivity index (χ4n) is 3.15. The fraction of sp³-hybridized carbons (Fsp3) is 0.105.